The Morgan fingerprint density at radius 1 is 1.35 bits per heavy atom. The number of ketones is 1. The number of benzene rings is 1. The van der Waals surface area contributed by atoms with Gasteiger partial charge in [0.05, 0.1) is 10.7 Å². The summed E-state index contributed by atoms with van der Waals surface area (Å²) in [6.07, 6.45) is 1.60. The third-order valence-corrected chi connectivity index (χ3v) is 3.64. The van der Waals surface area contributed by atoms with Gasteiger partial charge in [-0.25, -0.2) is 0 Å². The van der Waals surface area contributed by atoms with Crippen LogP contribution >= 0.6 is 31.9 Å². The van der Waals surface area contributed by atoms with Crippen LogP contribution in [0.4, 0.5) is 5.69 Å². The zero-order chi connectivity index (χ0) is 12.6. The lowest BCUT2D eigenvalue weighted by Gasteiger charge is -2.04. The number of aromatic nitrogens is 2. The van der Waals surface area contributed by atoms with Crippen LogP contribution in [0.25, 0.3) is 0 Å². The quantitative estimate of drug-likeness (QED) is 0.663. The minimum Gasteiger partial charge on any atom is -0.398 e. The third-order valence-electron chi connectivity index (χ3n) is 2.37. The van der Waals surface area contributed by atoms with Crippen molar-refractivity contribution in [1.29, 1.82) is 0 Å². The van der Waals surface area contributed by atoms with Crippen LogP contribution < -0.4 is 5.73 Å². The van der Waals surface area contributed by atoms with Crippen LogP contribution in [0, 0.1) is 0 Å². The smallest absolute Gasteiger partial charge is 0.212 e. The Balaban J connectivity index is 2.48. The second-order valence-electron chi connectivity index (χ2n) is 3.53. The van der Waals surface area contributed by atoms with E-state index in [0.717, 1.165) is 0 Å². The predicted molar refractivity (Wildman–Crippen MR) is 72.9 cm³/mol. The fraction of sp³-hybridized carbons (Fsp3) is 0.0909. The highest BCUT2D eigenvalue weighted by Crippen LogP contribution is 2.24. The van der Waals surface area contributed by atoms with Gasteiger partial charge in [-0.05, 0) is 50.1 Å². The van der Waals surface area contributed by atoms with Crippen LogP contribution in [0.5, 0.6) is 0 Å². The van der Waals surface area contributed by atoms with Gasteiger partial charge in [0.25, 0.3) is 0 Å². The Bertz CT molecular complexity index is 573. The van der Waals surface area contributed by atoms with Crippen molar-refractivity contribution in [1.82, 2.24) is 9.78 Å². The van der Waals surface area contributed by atoms with Crippen molar-refractivity contribution in [3.8, 4) is 0 Å². The first-order chi connectivity index (χ1) is 8.00. The summed E-state index contributed by atoms with van der Waals surface area (Å²) in [7, 11) is 1.73. The summed E-state index contributed by atoms with van der Waals surface area (Å²) >= 11 is 6.61. The fourth-order valence-corrected chi connectivity index (χ4v) is 2.38. The fourth-order valence-electron chi connectivity index (χ4n) is 1.47. The normalized spacial score (nSPS) is 10.5. The molecule has 2 N–H and O–H groups in total. The highest BCUT2D eigenvalue weighted by molar-refractivity contribution is 9.11. The van der Waals surface area contributed by atoms with Crippen LogP contribution in [0.2, 0.25) is 0 Å². The molecule has 0 saturated heterocycles. The van der Waals surface area contributed by atoms with Crippen molar-refractivity contribution in [3.63, 3.8) is 0 Å². The number of hydrogen-bond acceptors (Lipinski definition) is 3. The molecule has 0 unspecified atom stereocenters. The molecular formula is C11H9Br2N3O. The minimum absolute atomic E-state index is 0.0995. The van der Waals surface area contributed by atoms with Gasteiger partial charge in [-0.2, -0.15) is 5.10 Å². The predicted octanol–water partition coefficient (Wildman–Crippen LogP) is 2.76. The zero-order valence-corrected chi connectivity index (χ0v) is 12.1. The van der Waals surface area contributed by atoms with Crippen LogP contribution in [0.3, 0.4) is 0 Å². The van der Waals surface area contributed by atoms with E-state index >= 15 is 0 Å². The van der Waals surface area contributed by atoms with Gasteiger partial charge in [0.15, 0.2) is 0 Å². The SMILES string of the molecule is Cn1ncc(Br)c1C(=O)c1ccc(N)c(Br)c1. The average Bonchev–Trinajstić information content (AvgIpc) is 2.62. The Labute approximate surface area is 115 Å². The van der Waals surface area contributed by atoms with Gasteiger partial charge in [0.2, 0.25) is 5.78 Å². The maximum absolute atomic E-state index is 12.3. The first kappa shape index (κ1) is 12.3. The number of halogens is 2. The molecule has 0 radical (unpaired) electrons. The van der Waals surface area contributed by atoms with Crippen molar-refractivity contribution in [2.75, 3.05) is 5.73 Å². The lowest BCUT2D eigenvalue weighted by Crippen LogP contribution is -2.09. The Morgan fingerprint density at radius 2 is 2.06 bits per heavy atom. The maximum atomic E-state index is 12.3. The van der Waals surface area contributed by atoms with Gasteiger partial charge in [-0.15, -0.1) is 0 Å². The maximum Gasteiger partial charge on any atom is 0.212 e. The van der Waals surface area contributed by atoms with Crippen molar-refractivity contribution in [2.45, 2.75) is 0 Å². The summed E-state index contributed by atoms with van der Waals surface area (Å²) in [6, 6.07) is 5.10. The molecule has 2 rings (SSSR count). The van der Waals surface area contributed by atoms with E-state index < -0.39 is 0 Å². The standard InChI is InChI=1S/C11H9Br2N3O/c1-16-10(8(13)5-15-16)11(17)6-2-3-9(14)7(12)4-6/h2-5H,14H2,1H3. The summed E-state index contributed by atoms with van der Waals surface area (Å²) in [5.74, 6) is -0.0995. The molecule has 88 valence electrons. The molecule has 0 aliphatic carbocycles. The molecule has 0 atom stereocenters. The van der Waals surface area contributed by atoms with Crippen molar-refractivity contribution in [3.05, 3.63) is 44.6 Å². The Kier molecular flexibility index (Phi) is 3.35. The van der Waals surface area contributed by atoms with Gasteiger partial charge in [0, 0.05) is 22.8 Å². The Morgan fingerprint density at radius 3 is 2.59 bits per heavy atom. The molecule has 0 spiro atoms. The van der Waals surface area contributed by atoms with Crippen LogP contribution in [-0.2, 0) is 7.05 Å². The van der Waals surface area contributed by atoms with E-state index in [-0.39, 0.29) is 5.78 Å². The average molecular weight is 359 g/mol. The van der Waals surface area contributed by atoms with E-state index in [1.165, 1.54) is 4.68 Å². The number of nitrogen functional groups attached to an aromatic ring is 1. The van der Waals surface area contributed by atoms with Gasteiger partial charge in [0.1, 0.15) is 5.69 Å². The molecule has 4 nitrogen and oxygen atoms in total. The van der Waals surface area contributed by atoms with Gasteiger partial charge >= 0.3 is 0 Å². The number of anilines is 1. The number of carbonyl (C=O) groups is 1. The highest BCUT2D eigenvalue weighted by Gasteiger charge is 2.17. The number of nitrogens with two attached hydrogens (primary N) is 1. The third kappa shape index (κ3) is 2.28. The molecule has 0 aliphatic rings. The summed E-state index contributed by atoms with van der Waals surface area (Å²) in [6.45, 7) is 0. The van der Waals surface area contributed by atoms with E-state index in [9.17, 15) is 4.79 Å². The van der Waals surface area contributed by atoms with Gasteiger partial charge < -0.3 is 5.73 Å². The largest absolute Gasteiger partial charge is 0.398 e. The summed E-state index contributed by atoms with van der Waals surface area (Å²) in [5.41, 5.74) is 7.37. The molecule has 0 fully saturated rings. The molecule has 17 heavy (non-hydrogen) atoms. The lowest BCUT2D eigenvalue weighted by molar-refractivity contribution is 0.102. The summed E-state index contributed by atoms with van der Waals surface area (Å²) < 4.78 is 2.93. The van der Waals surface area contributed by atoms with Gasteiger partial charge in [-0.1, -0.05) is 0 Å². The molecule has 1 aromatic heterocycles. The van der Waals surface area contributed by atoms with E-state index in [1.54, 1.807) is 31.4 Å². The Hall–Kier alpha value is -1.14. The molecule has 0 saturated carbocycles. The molecule has 0 amide bonds. The number of carbonyl (C=O) groups excluding carboxylic acids is 1. The summed E-state index contributed by atoms with van der Waals surface area (Å²) in [4.78, 5) is 12.3. The molecule has 1 heterocycles. The van der Waals surface area contributed by atoms with Crippen molar-refractivity contribution < 1.29 is 4.79 Å². The molecule has 2 aromatic rings. The minimum atomic E-state index is -0.0995. The zero-order valence-electron chi connectivity index (χ0n) is 8.95. The molecule has 1 aromatic carbocycles. The number of hydrogen-bond donors (Lipinski definition) is 1. The molecule has 0 aliphatic heterocycles. The number of nitrogens with zero attached hydrogens (tertiary/aromatic N) is 2. The van der Waals surface area contributed by atoms with Gasteiger partial charge in [-0.3, -0.25) is 9.48 Å². The molecule has 6 heteroatoms. The molecule has 0 bridgehead atoms. The van der Waals surface area contributed by atoms with Crippen LogP contribution in [0.1, 0.15) is 16.1 Å². The summed E-state index contributed by atoms with van der Waals surface area (Å²) in [5, 5.41) is 4.02. The van der Waals surface area contributed by atoms with Crippen molar-refractivity contribution >= 4 is 43.3 Å². The number of rotatable bonds is 2. The van der Waals surface area contributed by atoms with Crippen LogP contribution in [0.15, 0.2) is 33.3 Å². The number of aryl methyl sites for hydroxylation is 1. The van der Waals surface area contributed by atoms with Crippen LogP contribution in [-0.4, -0.2) is 15.6 Å². The molecular weight excluding hydrogens is 350 g/mol. The first-order valence-corrected chi connectivity index (χ1v) is 6.36. The van der Waals surface area contributed by atoms with E-state index in [1.807, 2.05) is 0 Å². The second-order valence-corrected chi connectivity index (χ2v) is 5.24. The highest BCUT2D eigenvalue weighted by atomic mass is 79.9. The van der Waals surface area contributed by atoms with Crippen molar-refractivity contribution in [2.24, 2.45) is 7.05 Å². The van der Waals surface area contributed by atoms with E-state index in [4.69, 9.17) is 5.73 Å². The topological polar surface area (TPSA) is 60.9 Å². The van der Waals surface area contributed by atoms with E-state index in [0.29, 0.717) is 25.9 Å². The first-order valence-electron chi connectivity index (χ1n) is 4.78. The lowest BCUT2D eigenvalue weighted by atomic mass is 10.1. The van der Waals surface area contributed by atoms with E-state index in [2.05, 4.69) is 37.0 Å². The monoisotopic (exact) mass is 357 g/mol. The second kappa shape index (κ2) is 4.62.